The molecule has 0 aliphatic rings. The molecule has 1 aromatic heterocycles. The van der Waals surface area contributed by atoms with Crippen LogP contribution < -0.4 is 5.32 Å². The molecule has 0 atom stereocenters. The van der Waals surface area contributed by atoms with Crippen LogP contribution in [-0.4, -0.2) is 40.1 Å². The molecule has 1 N–H and O–H groups in total. The average molecular weight is 375 g/mol. The van der Waals surface area contributed by atoms with Crippen LogP contribution in [0.15, 0.2) is 29.7 Å². The minimum Gasteiger partial charge on any atom is -0.385 e. The summed E-state index contributed by atoms with van der Waals surface area (Å²) < 4.78 is 6.92. The van der Waals surface area contributed by atoms with Crippen LogP contribution in [0.1, 0.15) is 6.42 Å². The zero-order chi connectivity index (χ0) is 16.7. The minimum atomic E-state index is -0.153. The fourth-order valence-corrected chi connectivity index (χ4v) is 2.83. The molecule has 1 heterocycles. The molecule has 0 aliphatic carbocycles. The molecule has 9 heteroatoms. The number of amides is 1. The number of halogens is 2. The van der Waals surface area contributed by atoms with E-state index in [0.29, 0.717) is 27.5 Å². The normalized spacial score (nSPS) is 10.7. The zero-order valence-electron chi connectivity index (χ0n) is 12.5. The number of thioether (sulfide) groups is 1. The average Bonchev–Trinajstić information content (AvgIpc) is 2.97. The van der Waals surface area contributed by atoms with Gasteiger partial charge in [0.1, 0.15) is 6.33 Å². The van der Waals surface area contributed by atoms with E-state index in [1.165, 1.54) is 11.8 Å². The van der Waals surface area contributed by atoms with Crippen molar-refractivity contribution in [3.05, 3.63) is 34.6 Å². The van der Waals surface area contributed by atoms with Crippen molar-refractivity contribution in [3.8, 4) is 0 Å². The predicted molar refractivity (Wildman–Crippen MR) is 92.3 cm³/mol. The van der Waals surface area contributed by atoms with Crippen molar-refractivity contribution < 1.29 is 9.53 Å². The van der Waals surface area contributed by atoms with E-state index in [1.807, 2.05) is 4.57 Å². The van der Waals surface area contributed by atoms with Crippen molar-refractivity contribution in [2.24, 2.45) is 0 Å². The van der Waals surface area contributed by atoms with Gasteiger partial charge in [0.2, 0.25) is 5.91 Å². The third kappa shape index (κ3) is 5.69. The Hall–Kier alpha value is -1.28. The van der Waals surface area contributed by atoms with Gasteiger partial charge in [-0.05, 0) is 24.6 Å². The molecule has 2 rings (SSSR count). The van der Waals surface area contributed by atoms with Gasteiger partial charge in [-0.15, -0.1) is 10.2 Å². The topological polar surface area (TPSA) is 69.0 Å². The van der Waals surface area contributed by atoms with Gasteiger partial charge < -0.3 is 14.6 Å². The van der Waals surface area contributed by atoms with E-state index in [9.17, 15) is 4.79 Å². The number of carbonyl (C=O) groups excluding carboxylic acids is 1. The summed E-state index contributed by atoms with van der Waals surface area (Å²) in [5.74, 6) is 0.0725. The van der Waals surface area contributed by atoms with E-state index < -0.39 is 0 Å². The van der Waals surface area contributed by atoms with Crippen LogP contribution >= 0.6 is 35.0 Å². The second kappa shape index (κ2) is 9.12. The highest BCUT2D eigenvalue weighted by Gasteiger charge is 2.09. The first kappa shape index (κ1) is 18.1. The van der Waals surface area contributed by atoms with Gasteiger partial charge in [0.25, 0.3) is 0 Å². The summed E-state index contributed by atoms with van der Waals surface area (Å²) in [5, 5.41) is 12.2. The second-order valence-electron chi connectivity index (χ2n) is 4.62. The smallest absolute Gasteiger partial charge is 0.234 e. The number of ether oxygens (including phenoxy) is 1. The molecular formula is C14H16Cl2N4O2S. The highest BCUT2D eigenvalue weighted by Crippen LogP contribution is 2.25. The van der Waals surface area contributed by atoms with Crippen molar-refractivity contribution in [1.82, 2.24) is 14.8 Å². The zero-order valence-corrected chi connectivity index (χ0v) is 14.8. The minimum absolute atomic E-state index is 0.153. The first-order chi connectivity index (χ1) is 11.1. The van der Waals surface area contributed by atoms with Crippen molar-refractivity contribution >= 4 is 46.6 Å². The predicted octanol–water partition coefficient (Wildman–Crippen LogP) is 3.35. The Kier molecular flexibility index (Phi) is 7.16. The standard InChI is InChI=1S/C14H16Cl2N4O2S/c1-22-6-2-5-20-9-17-19-14(20)23-8-13(21)18-10-3-4-11(15)12(16)7-10/h3-4,7,9H,2,5-6,8H2,1H3,(H,18,21). The van der Waals surface area contributed by atoms with Crippen LogP contribution in [0.3, 0.4) is 0 Å². The fraction of sp³-hybridized carbons (Fsp3) is 0.357. The summed E-state index contributed by atoms with van der Waals surface area (Å²) in [6.45, 7) is 1.41. The summed E-state index contributed by atoms with van der Waals surface area (Å²) in [4.78, 5) is 12.0. The molecule has 0 saturated carbocycles. The molecule has 2 aromatic rings. The lowest BCUT2D eigenvalue weighted by Gasteiger charge is -2.07. The van der Waals surface area contributed by atoms with Crippen LogP contribution in [0.4, 0.5) is 5.69 Å². The number of aryl methyl sites for hydroxylation is 1. The van der Waals surface area contributed by atoms with E-state index in [1.54, 1.807) is 31.6 Å². The van der Waals surface area contributed by atoms with Crippen LogP contribution in [0.2, 0.25) is 10.0 Å². The lowest BCUT2D eigenvalue weighted by Crippen LogP contribution is -2.14. The van der Waals surface area contributed by atoms with E-state index >= 15 is 0 Å². The van der Waals surface area contributed by atoms with Gasteiger partial charge >= 0.3 is 0 Å². The number of methoxy groups -OCH3 is 1. The maximum Gasteiger partial charge on any atom is 0.234 e. The molecule has 0 aliphatic heterocycles. The SMILES string of the molecule is COCCCn1cnnc1SCC(=O)Nc1ccc(Cl)c(Cl)c1. The van der Waals surface area contributed by atoms with Crippen LogP contribution in [0, 0.1) is 0 Å². The Morgan fingerprint density at radius 2 is 2.22 bits per heavy atom. The summed E-state index contributed by atoms with van der Waals surface area (Å²) in [6.07, 6.45) is 2.51. The first-order valence-corrected chi connectivity index (χ1v) is 8.58. The number of nitrogens with zero attached hydrogens (tertiary/aromatic N) is 3. The van der Waals surface area contributed by atoms with Gasteiger partial charge in [0.15, 0.2) is 5.16 Å². The van der Waals surface area contributed by atoms with Crippen molar-refractivity contribution in [2.75, 3.05) is 24.8 Å². The number of aromatic nitrogens is 3. The molecule has 0 spiro atoms. The Morgan fingerprint density at radius 1 is 1.39 bits per heavy atom. The van der Waals surface area contributed by atoms with Crippen molar-refractivity contribution in [2.45, 2.75) is 18.1 Å². The van der Waals surface area contributed by atoms with Crippen LogP contribution in [-0.2, 0) is 16.1 Å². The monoisotopic (exact) mass is 374 g/mol. The van der Waals surface area contributed by atoms with E-state index in [-0.39, 0.29) is 11.7 Å². The molecule has 0 unspecified atom stereocenters. The number of carbonyl (C=O) groups is 1. The quantitative estimate of drug-likeness (QED) is 0.566. The number of anilines is 1. The molecule has 1 aromatic carbocycles. The van der Waals surface area contributed by atoms with E-state index in [2.05, 4.69) is 15.5 Å². The second-order valence-corrected chi connectivity index (χ2v) is 6.38. The molecule has 124 valence electrons. The van der Waals surface area contributed by atoms with Gasteiger partial charge in [0.05, 0.1) is 15.8 Å². The number of hydrogen-bond acceptors (Lipinski definition) is 5. The summed E-state index contributed by atoms with van der Waals surface area (Å²) >= 11 is 13.1. The Morgan fingerprint density at radius 3 is 2.96 bits per heavy atom. The number of benzene rings is 1. The number of hydrogen-bond donors (Lipinski definition) is 1. The van der Waals surface area contributed by atoms with Gasteiger partial charge in [-0.25, -0.2) is 0 Å². The van der Waals surface area contributed by atoms with Gasteiger partial charge in [0, 0.05) is 25.9 Å². The molecule has 0 fully saturated rings. The molecule has 1 amide bonds. The van der Waals surface area contributed by atoms with Crippen LogP contribution in [0.5, 0.6) is 0 Å². The molecule has 0 saturated heterocycles. The van der Waals surface area contributed by atoms with Crippen molar-refractivity contribution in [1.29, 1.82) is 0 Å². The van der Waals surface area contributed by atoms with Gasteiger partial charge in [-0.1, -0.05) is 35.0 Å². The van der Waals surface area contributed by atoms with Gasteiger partial charge in [-0.2, -0.15) is 0 Å². The number of nitrogens with one attached hydrogen (secondary N) is 1. The Labute approximate surface area is 148 Å². The Balaban J connectivity index is 1.84. The van der Waals surface area contributed by atoms with E-state index in [0.717, 1.165) is 13.0 Å². The highest BCUT2D eigenvalue weighted by atomic mass is 35.5. The lowest BCUT2D eigenvalue weighted by molar-refractivity contribution is -0.113. The number of rotatable bonds is 8. The molecule has 6 nitrogen and oxygen atoms in total. The maximum atomic E-state index is 12.0. The third-order valence-corrected chi connectivity index (χ3v) is 4.58. The van der Waals surface area contributed by atoms with Gasteiger partial charge in [-0.3, -0.25) is 4.79 Å². The highest BCUT2D eigenvalue weighted by molar-refractivity contribution is 7.99. The summed E-state index contributed by atoms with van der Waals surface area (Å²) in [6, 6.07) is 4.95. The molecule has 0 radical (unpaired) electrons. The molecule has 0 bridgehead atoms. The van der Waals surface area contributed by atoms with Crippen molar-refractivity contribution in [3.63, 3.8) is 0 Å². The molecular weight excluding hydrogens is 359 g/mol. The first-order valence-electron chi connectivity index (χ1n) is 6.84. The Bertz CT molecular complexity index is 666. The lowest BCUT2D eigenvalue weighted by atomic mass is 10.3. The summed E-state index contributed by atoms with van der Waals surface area (Å²) in [7, 11) is 1.66. The molecule has 23 heavy (non-hydrogen) atoms. The summed E-state index contributed by atoms with van der Waals surface area (Å²) in [5.41, 5.74) is 0.603. The largest absolute Gasteiger partial charge is 0.385 e. The maximum absolute atomic E-state index is 12.0. The van der Waals surface area contributed by atoms with E-state index in [4.69, 9.17) is 27.9 Å². The fourth-order valence-electron chi connectivity index (χ4n) is 1.79. The third-order valence-electron chi connectivity index (χ3n) is 2.86. The van der Waals surface area contributed by atoms with Crippen LogP contribution in [0.25, 0.3) is 0 Å².